The summed E-state index contributed by atoms with van der Waals surface area (Å²) >= 11 is 0. The Balaban J connectivity index is 2.21. The summed E-state index contributed by atoms with van der Waals surface area (Å²) in [6, 6.07) is 0.843. The van der Waals surface area contributed by atoms with Crippen molar-refractivity contribution in [3.63, 3.8) is 0 Å². The van der Waals surface area contributed by atoms with Crippen molar-refractivity contribution in [1.29, 1.82) is 0 Å². The fourth-order valence-corrected chi connectivity index (χ4v) is 1.14. The van der Waals surface area contributed by atoms with E-state index in [9.17, 15) is 0 Å². The molecule has 6 nitrogen and oxygen atoms in total. The predicted molar refractivity (Wildman–Crippen MR) is 65.9 cm³/mol. The molecular weight excluding hydrogens is 220 g/mol. The number of hydrogen-bond acceptors (Lipinski definition) is 6. The lowest BCUT2D eigenvalue weighted by molar-refractivity contribution is 0.0868. The highest BCUT2D eigenvalue weighted by atomic mass is 16.5. The molecule has 1 aromatic rings. The van der Waals surface area contributed by atoms with Gasteiger partial charge in [0.15, 0.2) is 0 Å². The van der Waals surface area contributed by atoms with Crippen LogP contribution in [0.1, 0.15) is 33.6 Å². The van der Waals surface area contributed by atoms with E-state index in [0.717, 1.165) is 0 Å². The zero-order chi connectivity index (χ0) is 12.7. The van der Waals surface area contributed by atoms with Crippen LogP contribution >= 0.6 is 0 Å². The van der Waals surface area contributed by atoms with Gasteiger partial charge in [-0.2, -0.15) is 0 Å². The highest BCUT2D eigenvalue weighted by Crippen LogP contribution is 2.04. The Labute approximate surface area is 102 Å². The molecule has 0 aliphatic heterocycles. The van der Waals surface area contributed by atoms with Crippen molar-refractivity contribution in [1.82, 2.24) is 15.5 Å². The van der Waals surface area contributed by atoms with Gasteiger partial charge in [-0.1, -0.05) is 18.9 Å². The molecule has 0 saturated carbocycles. The first-order chi connectivity index (χ1) is 8.08. The van der Waals surface area contributed by atoms with Gasteiger partial charge in [0.05, 0.1) is 19.3 Å². The normalized spacial score (nSPS) is 11.4. The molecule has 1 heterocycles. The number of aromatic nitrogens is 2. The van der Waals surface area contributed by atoms with Gasteiger partial charge in [0.1, 0.15) is 0 Å². The molecule has 2 N–H and O–H groups in total. The smallest absolute Gasteiger partial charge is 0.315 e. The third-order valence-corrected chi connectivity index (χ3v) is 1.96. The van der Waals surface area contributed by atoms with E-state index in [1.165, 1.54) is 0 Å². The van der Waals surface area contributed by atoms with Crippen molar-refractivity contribution in [2.45, 2.75) is 46.4 Å². The molecule has 1 aromatic heterocycles. The fraction of sp³-hybridized carbons (Fsp3) is 0.818. The second-order valence-corrected chi connectivity index (χ2v) is 4.38. The quantitative estimate of drug-likeness (QED) is 0.671. The minimum Gasteiger partial charge on any atom is -0.407 e. The Morgan fingerprint density at radius 2 is 2.00 bits per heavy atom. The lowest BCUT2D eigenvalue weighted by Crippen LogP contribution is -2.21. The third-order valence-electron chi connectivity index (χ3n) is 1.96. The van der Waals surface area contributed by atoms with Crippen LogP contribution in [0, 0.1) is 0 Å². The molecule has 0 fully saturated rings. The topological polar surface area (TPSA) is 72.2 Å². The maximum absolute atomic E-state index is 5.39. The summed E-state index contributed by atoms with van der Waals surface area (Å²) in [6.07, 6.45) is 0.241. The molecular formula is C11H22N4O2. The van der Waals surface area contributed by atoms with Crippen LogP contribution in [0.2, 0.25) is 0 Å². The van der Waals surface area contributed by atoms with Crippen molar-refractivity contribution in [3.8, 4) is 0 Å². The van der Waals surface area contributed by atoms with E-state index in [-0.39, 0.29) is 6.10 Å². The number of hydrogen-bond donors (Lipinski definition) is 2. The van der Waals surface area contributed by atoms with Crippen molar-refractivity contribution in [2.24, 2.45) is 0 Å². The molecule has 0 aliphatic rings. The molecule has 0 aliphatic carbocycles. The average molecular weight is 242 g/mol. The first-order valence-electron chi connectivity index (χ1n) is 5.99. The zero-order valence-corrected chi connectivity index (χ0v) is 11.0. The van der Waals surface area contributed by atoms with Gasteiger partial charge >= 0.3 is 6.01 Å². The van der Waals surface area contributed by atoms with Crippen LogP contribution in [-0.4, -0.2) is 35.5 Å². The van der Waals surface area contributed by atoms with Crippen LogP contribution in [0.5, 0.6) is 0 Å². The Hall–Kier alpha value is -1.14. The number of rotatable bonds is 8. The van der Waals surface area contributed by atoms with E-state index in [1.54, 1.807) is 0 Å². The second-order valence-electron chi connectivity index (χ2n) is 4.38. The minimum absolute atomic E-state index is 0.241. The Kier molecular flexibility index (Phi) is 5.93. The largest absolute Gasteiger partial charge is 0.407 e. The SMILES string of the molecule is CC(C)NCc1nnc(NCCOC(C)C)o1. The van der Waals surface area contributed by atoms with Crippen LogP contribution in [0.25, 0.3) is 0 Å². The van der Waals surface area contributed by atoms with Crippen LogP contribution in [0.15, 0.2) is 4.42 Å². The van der Waals surface area contributed by atoms with E-state index < -0.39 is 0 Å². The van der Waals surface area contributed by atoms with Crippen LogP contribution in [0.3, 0.4) is 0 Å². The zero-order valence-electron chi connectivity index (χ0n) is 11.0. The average Bonchev–Trinajstić information content (AvgIpc) is 2.69. The van der Waals surface area contributed by atoms with Crippen molar-refractivity contribution < 1.29 is 9.15 Å². The summed E-state index contributed by atoms with van der Waals surface area (Å²) in [4.78, 5) is 0. The monoisotopic (exact) mass is 242 g/mol. The highest BCUT2D eigenvalue weighted by Gasteiger charge is 2.05. The van der Waals surface area contributed by atoms with Gasteiger partial charge in [0, 0.05) is 12.6 Å². The maximum Gasteiger partial charge on any atom is 0.315 e. The molecule has 0 saturated heterocycles. The summed E-state index contributed by atoms with van der Waals surface area (Å²) in [6.45, 7) is 10.0. The lowest BCUT2D eigenvalue weighted by atomic mass is 10.4. The lowest BCUT2D eigenvalue weighted by Gasteiger charge is -2.06. The van der Waals surface area contributed by atoms with Gasteiger partial charge in [0.2, 0.25) is 5.89 Å². The predicted octanol–water partition coefficient (Wildman–Crippen LogP) is 1.40. The van der Waals surface area contributed by atoms with Crippen LogP contribution in [-0.2, 0) is 11.3 Å². The number of nitrogens with one attached hydrogen (secondary N) is 2. The third kappa shape index (κ3) is 6.23. The van der Waals surface area contributed by atoms with Gasteiger partial charge in [-0.15, -0.1) is 5.10 Å². The van der Waals surface area contributed by atoms with Gasteiger partial charge in [-0.25, -0.2) is 0 Å². The van der Waals surface area contributed by atoms with Gasteiger partial charge in [-0.05, 0) is 13.8 Å². The minimum atomic E-state index is 0.241. The fourth-order valence-electron chi connectivity index (χ4n) is 1.14. The maximum atomic E-state index is 5.39. The Bertz CT molecular complexity index is 312. The van der Waals surface area contributed by atoms with Gasteiger partial charge in [0.25, 0.3) is 0 Å². The number of nitrogens with zero attached hydrogens (tertiary/aromatic N) is 2. The highest BCUT2D eigenvalue weighted by molar-refractivity contribution is 5.16. The van der Waals surface area contributed by atoms with E-state index >= 15 is 0 Å². The first kappa shape index (κ1) is 13.9. The first-order valence-corrected chi connectivity index (χ1v) is 5.99. The summed E-state index contributed by atoms with van der Waals surface area (Å²) < 4.78 is 10.8. The molecule has 0 bridgehead atoms. The van der Waals surface area contributed by atoms with Gasteiger partial charge < -0.3 is 19.8 Å². The molecule has 1 rings (SSSR count). The summed E-state index contributed by atoms with van der Waals surface area (Å²) in [5.41, 5.74) is 0. The molecule has 0 spiro atoms. The van der Waals surface area contributed by atoms with Crippen LogP contribution < -0.4 is 10.6 Å². The van der Waals surface area contributed by atoms with E-state index in [0.29, 0.717) is 37.6 Å². The molecule has 6 heteroatoms. The van der Waals surface area contributed by atoms with E-state index in [2.05, 4.69) is 34.7 Å². The summed E-state index contributed by atoms with van der Waals surface area (Å²) in [5, 5.41) is 14.0. The molecule has 0 aromatic carbocycles. The standard InChI is InChI=1S/C11H22N4O2/c1-8(2)13-7-10-14-15-11(17-10)12-5-6-16-9(3)4/h8-9,13H,5-7H2,1-4H3,(H,12,15). The Morgan fingerprint density at radius 1 is 1.24 bits per heavy atom. The molecule has 0 radical (unpaired) electrons. The molecule has 98 valence electrons. The van der Waals surface area contributed by atoms with Crippen molar-refractivity contribution >= 4 is 6.01 Å². The van der Waals surface area contributed by atoms with E-state index in [4.69, 9.17) is 9.15 Å². The Morgan fingerprint density at radius 3 is 2.65 bits per heavy atom. The second kappa shape index (κ2) is 7.24. The van der Waals surface area contributed by atoms with Crippen molar-refractivity contribution in [3.05, 3.63) is 5.89 Å². The summed E-state index contributed by atoms with van der Waals surface area (Å²) in [7, 11) is 0. The molecule has 0 amide bonds. The molecule has 0 unspecified atom stereocenters. The molecule has 0 atom stereocenters. The number of ether oxygens (including phenoxy) is 1. The van der Waals surface area contributed by atoms with Crippen molar-refractivity contribution in [2.75, 3.05) is 18.5 Å². The molecule has 17 heavy (non-hydrogen) atoms. The van der Waals surface area contributed by atoms with Gasteiger partial charge in [-0.3, -0.25) is 0 Å². The van der Waals surface area contributed by atoms with Crippen LogP contribution in [0.4, 0.5) is 6.01 Å². The number of anilines is 1. The summed E-state index contributed by atoms with van der Waals surface area (Å²) in [5.74, 6) is 0.589. The van der Waals surface area contributed by atoms with E-state index in [1.807, 2.05) is 13.8 Å².